The third-order valence-electron chi connectivity index (χ3n) is 3.25. The van der Waals surface area contributed by atoms with E-state index in [0.717, 1.165) is 17.2 Å². The molecular formula is C16H19NO4. The number of hydrogen-bond donors (Lipinski definition) is 0. The largest absolute Gasteiger partial charge is 0.497 e. The molecule has 0 amide bonds. The van der Waals surface area contributed by atoms with Crippen LogP contribution in [0.1, 0.15) is 5.69 Å². The Morgan fingerprint density at radius 3 is 2.29 bits per heavy atom. The molecule has 1 aromatic heterocycles. The molecule has 112 valence electrons. The van der Waals surface area contributed by atoms with Crippen molar-refractivity contribution in [2.24, 2.45) is 0 Å². The lowest BCUT2D eigenvalue weighted by molar-refractivity contribution is 0.294. The van der Waals surface area contributed by atoms with Gasteiger partial charge in [-0.2, -0.15) is 0 Å². The topological polar surface area (TPSA) is 49.7 Å². The van der Waals surface area contributed by atoms with Gasteiger partial charge in [0.1, 0.15) is 18.1 Å². The van der Waals surface area contributed by atoms with Crippen molar-refractivity contribution in [3.8, 4) is 17.2 Å². The molecule has 0 aliphatic carbocycles. The Hall–Kier alpha value is -2.43. The van der Waals surface area contributed by atoms with Gasteiger partial charge in [-0.25, -0.2) is 0 Å². The lowest BCUT2D eigenvalue weighted by Crippen LogP contribution is -2.16. The van der Waals surface area contributed by atoms with E-state index >= 15 is 0 Å². The number of ether oxygens (including phenoxy) is 3. The Balaban J connectivity index is 1.98. The highest BCUT2D eigenvalue weighted by Gasteiger charge is 2.07. The summed E-state index contributed by atoms with van der Waals surface area (Å²) < 4.78 is 17.8. The van der Waals surface area contributed by atoms with Crippen LogP contribution in [0, 0.1) is 6.92 Å². The molecule has 0 fully saturated rings. The third-order valence-corrected chi connectivity index (χ3v) is 3.25. The minimum absolute atomic E-state index is 0.109. The maximum absolute atomic E-state index is 11.6. The molecular weight excluding hydrogens is 270 g/mol. The van der Waals surface area contributed by atoms with Crippen LogP contribution in [0.5, 0.6) is 17.2 Å². The molecule has 0 aliphatic rings. The smallest absolute Gasteiger partial charge is 0.223 e. The monoisotopic (exact) mass is 289 g/mol. The summed E-state index contributed by atoms with van der Waals surface area (Å²) in [4.78, 5) is 11.6. The predicted octanol–water partition coefficient (Wildman–Crippen LogP) is 2.25. The SMILES string of the molecule is COc1ccc(OCCn2ccc(=O)c(OC)c2C)cc1. The molecule has 0 aliphatic heterocycles. The Bertz CT molecular complexity index is 646. The van der Waals surface area contributed by atoms with Crippen molar-refractivity contribution in [3.05, 3.63) is 52.4 Å². The number of benzene rings is 1. The van der Waals surface area contributed by atoms with E-state index in [1.54, 1.807) is 13.3 Å². The summed E-state index contributed by atoms with van der Waals surface area (Å²) in [6.07, 6.45) is 1.75. The second-order valence-electron chi connectivity index (χ2n) is 4.52. The predicted molar refractivity (Wildman–Crippen MR) is 80.5 cm³/mol. The zero-order valence-electron chi connectivity index (χ0n) is 12.5. The van der Waals surface area contributed by atoms with Crippen LogP contribution in [0.4, 0.5) is 0 Å². The Morgan fingerprint density at radius 2 is 1.67 bits per heavy atom. The van der Waals surface area contributed by atoms with Crippen molar-refractivity contribution in [3.63, 3.8) is 0 Å². The van der Waals surface area contributed by atoms with E-state index in [1.807, 2.05) is 35.8 Å². The quantitative estimate of drug-likeness (QED) is 0.818. The summed E-state index contributed by atoms with van der Waals surface area (Å²) in [5.74, 6) is 1.95. The van der Waals surface area contributed by atoms with Gasteiger partial charge in [0.2, 0.25) is 5.43 Å². The molecule has 0 saturated carbocycles. The minimum atomic E-state index is -0.109. The summed E-state index contributed by atoms with van der Waals surface area (Å²) in [5, 5.41) is 0. The lowest BCUT2D eigenvalue weighted by atomic mass is 10.3. The minimum Gasteiger partial charge on any atom is -0.497 e. The second kappa shape index (κ2) is 6.83. The van der Waals surface area contributed by atoms with E-state index in [0.29, 0.717) is 18.9 Å². The second-order valence-corrected chi connectivity index (χ2v) is 4.52. The zero-order valence-corrected chi connectivity index (χ0v) is 12.5. The Kier molecular flexibility index (Phi) is 4.87. The average Bonchev–Trinajstić information content (AvgIpc) is 2.51. The van der Waals surface area contributed by atoms with Gasteiger partial charge in [0, 0.05) is 12.3 Å². The van der Waals surface area contributed by atoms with Crippen LogP contribution < -0.4 is 19.6 Å². The van der Waals surface area contributed by atoms with Gasteiger partial charge in [-0.05, 0) is 31.2 Å². The first-order chi connectivity index (χ1) is 10.2. The fourth-order valence-electron chi connectivity index (χ4n) is 2.08. The van der Waals surface area contributed by atoms with Crippen LogP contribution in [0.2, 0.25) is 0 Å². The molecule has 0 radical (unpaired) electrons. The maximum Gasteiger partial charge on any atom is 0.223 e. The number of nitrogens with zero attached hydrogens (tertiary/aromatic N) is 1. The van der Waals surface area contributed by atoms with Gasteiger partial charge < -0.3 is 18.8 Å². The first-order valence-corrected chi connectivity index (χ1v) is 6.66. The molecule has 1 aromatic carbocycles. The average molecular weight is 289 g/mol. The molecule has 0 atom stereocenters. The summed E-state index contributed by atoms with van der Waals surface area (Å²) in [5.41, 5.74) is 0.686. The summed E-state index contributed by atoms with van der Waals surface area (Å²) in [6, 6.07) is 8.92. The van der Waals surface area contributed by atoms with E-state index in [2.05, 4.69) is 0 Å². The van der Waals surface area contributed by atoms with E-state index in [4.69, 9.17) is 14.2 Å². The van der Waals surface area contributed by atoms with E-state index in [-0.39, 0.29) is 5.43 Å². The third kappa shape index (κ3) is 3.56. The highest BCUT2D eigenvalue weighted by molar-refractivity contribution is 5.31. The first kappa shape index (κ1) is 15.0. The fourth-order valence-corrected chi connectivity index (χ4v) is 2.08. The lowest BCUT2D eigenvalue weighted by Gasteiger charge is -2.14. The number of methoxy groups -OCH3 is 2. The fraction of sp³-hybridized carbons (Fsp3) is 0.312. The Labute approximate surface area is 123 Å². The molecule has 0 bridgehead atoms. The summed E-state index contributed by atoms with van der Waals surface area (Å²) in [7, 11) is 3.13. The molecule has 2 rings (SSSR count). The van der Waals surface area contributed by atoms with Crippen molar-refractivity contribution in [2.75, 3.05) is 20.8 Å². The molecule has 1 heterocycles. The van der Waals surface area contributed by atoms with E-state index in [9.17, 15) is 4.79 Å². The van der Waals surface area contributed by atoms with Crippen LogP contribution in [0.15, 0.2) is 41.3 Å². The van der Waals surface area contributed by atoms with Crippen LogP contribution >= 0.6 is 0 Å². The normalized spacial score (nSPS) is 10.2. The first-order valence-electron chi connectivity index (χ1n) is 6.66. The molecule has 0 N–H and O–H groups in total. The van der Waals surface area contributed by atoms with Crippen LogP contribution in [-0.4, -0.2) is 25.4 Å². The molecule has 21 heavy (non-hydrogen) atoms. The number of hydrogen-bond acceptors (Lipinski definition) is 4. The maximum atomic E-state index is 11.6. The van der Waals surface area contributed by atoms with E-state index < -0.39 is 0 Å². The molecule has 2 aromatic rings. The van der Waals surface area contributed by atoms with Gasteiger partial charge in [-0.3, -0.25) is 4.79 Å². The molecule has 5 nitrogen and oxygen atoms in total. The molecule has 0 spiro atoms. The molecule has 5 heteroatoms. The van der Waals surface area contributed by atoms with Crippen molar-refractivity contribution >= 4 is 0 Å². The number of aromatic nitrogens is 1. The van der Waals surface area contributed by atoms with Gasteiger partial charge >= 0.3 is 0 Å². The molecule has 0 unspecified atom stereocenters. The van der Waals surface area contributed by atoms with Crippen molar-refractivity contribution in [1.82, 2.24) is 4.57 Å². The van der Waals surface area contributed by atoms with Crippen molar-refractivity contribution in [1.29, 1.82) is 0 Å². The van der Waals surface area contributed by atoms with Crippen LogP contribution in [0.25, 0.3) is 0 Å². The number of rotatable bonds is 6. The van der Waals surface area contributed by atoms with Gasteiger partial charge in [-0.15, -0.1) is 0 Å². The van der Waals surface area contributed by atoms with E-state index in [1.165, 1.54) is 13.2 Å². The summed E-state index contributed by atoms with van der Waals surface area (Å²) in [6.45, 7) is 2.99. The van der Waals surface area contributed by atoms with Crippen molar-refractivity contribution in [2.45, 2.75) is 13.5 Å². The standard InChI is InChI=1S/C16H19NO4/c1-12-16(20-3)15(18)8-9-17(12)10-11-21-14-6-4-13(19-2)5-7-14/h4-9H,10-11H2,1-3H3. The number of pyridine rings is 1. The summed E-state index contributed by atoms with van der Waals surface area (Å²) >= 11 is 0. The van der Waals surface area contributed by atoms with Gasteiger partial charge in [-0.1, -0.05) is 0 Å². The highest BCUT2D eigenvalue weighted by Crippen LogP contribution is 2.17. The molecule has 0 saturated heterocycles. The van der Waals surface area contributed by atoms with Crippen molar-refractivity contribution < 1.29 is 14.2 Å². The van der Waals surface area contributed by atoms with Gasteiger partial charge in [0.25, 0.3) is 0 Å². The van der Waals surface area contributed by atoms with Gasteiger partial charge in [0.15, 0.2) is 5.75 Å². The zero-order chi connectivity index (χ0) is 15.2. The highest BCUT2D eigenvalue weighted by atomic mass is 16.5. The Morgan fingerprint density at radius 1 is 1.00 bits per heavy atom. The van der Waals surface area contributed by atoms with Gasteiger partial charge in [0.05, 0.1) is 26.5 Å². The van der Waals surface area contributed by atoms with Crippen LogP contribution in [0.3, 0.4) is 0 Å². The van der Waals surface area contributed by atoms with Crippen LogP contribution in [-0.2, 0) is 6.54 Å².